The number of nitrogens with zero attached hydrogens (tertiary/aromatic N) is 7. The summed E-state index contributed by atoms with van der Waals surface area (Å²) in [6.07, 6.45) is -0.0901. The molecule has 0 fully saturated rings. The largest absolute Gasteiger partial charge is 0.460 e. The summed E-state index contributed by atoms with van der Waals surface area (Å²) in [4.78, 5) is 51.0. The maximum Gasteiger partial charge on any atom is 0.308 e. The molecule has 4 aromatic heterocycles. The van der Waals surface area contributed by atoms with Crippen molar-refractivity contribution in [3.05, 3.63) is 82.1 Å². The third-order valence-corrected chi connectivity index (χ3v) is 9.44. The number of benzene rings is 2. The summed E-state index contributed by atoms with van der Waals surface area (Å²) in [6.45, 7) is 17.9. The van der Waals surface area contributed by atoms with Crippen LogP contribution in [-0.4, -0.2) is 64.8 Å². The Labute approximate surface area is 349 Å². The number of aryl methyl sites for hydroxylation is 4. The summed E-state index contributed by atoms with van der Waals surface area (Å²) in [5.74, 6) is 1.46. The molecule has 17 nitrogen and oxygen atoms in total. The van der Waals surface area contributed by atoms with Crippen molar-refractivity contribution in [1.29, 1.82) is 0 Å². The molecule has 0 bridgehead atoms. The molecule has 0 aliphatic carbocycles. The Morgan fingerprint density at radius 1 is 0.667 bits per heavy atom. The molecule has 6 aromatic rings. The van der Waals surface area contributed by atoms with Gasteiger partial charge in [-0.15, -0.1) is 0 Å². The number of hydrogen-bond acceptors (Lipinski definition) is 16. The second-order valence-corrected chi connectivity index (χ2v) is 16.7. The fourth-order valence-electron chi connectivity index (χ4n) is 6.81. The van der Waals surface area contributed by atoms with E-state index in [9.17, 15) is 14.4 Å². The van der Waals surface area contributed by atoms with Crippen molar-refractivity contribution in [2.75, 3.05) is 0 Å². The average Bonchev–Trinajstić information content (AvgIpc) is 3.94. The molecule has 2 aliphatic heterocycles. The lowest BCUT2D eigenvalue weighted by atomic mass is 9.95. The summed E-state index contributed by atoms with van der Waals surface area (Å²) >= 11 is 6.60. The molecule has 2 aliphatic rings. The van der Waals surface area contributed by atoms with Crippen LogP contribution < -0.4 is 5.32 Å². The Morgan fingerprint density at radius 3 is 1.67 bits per heavy atom. The number of carbonyl (C=O) groups is 3. The molecule has 0 saturated heterocycles. The van der Waals surface area contributed by atoms with Crippen LogP contribution in [0.4, 0.5) is 0 Å². The maximum atomic E-state index is 13.1. The highest BCUT2D eigenvalue weighted by Gasteiger charge is 2.36. The van der Waals surface area contributed by atoms with Crippen molar-refractivity contribution in [3.8, 4) is 45.2 Å². The van der Waals surface area contributed by atoms with E-state index >= 15 is 0 Å². The van der Waals surface area contributed by atoms with Gasteiger partial charge < -0.3 is 32.9 Å². The zero-order valence-corrected chi connectivity index (χ0v) is 35.5. The molecule has 2 atom stereocenters. The van der Waals surface area contributed by atoms with Crippen molar-refractivity contribution in [1.82, 2.24) is 35.9 Å². The Bertz CT molecular complexity index is 2650. The molecule has 0 unspecified atom stereocenters. The van der Waals surface area contributed by atoms with Crippen LogP contribution in [-0.2, 0) is 19.1 Å². The molecule has 1 N–H and O–H groups in total. The highest BCUT2D eigenvalue weighted by molar-refractivity contribution is 6.70. The first kappa shape index (κ1) is 41.7. The van der Waals surface area contributed by atoms with E-state index in [2.05, 4.69) is 40.9 Å². The van der Waals surface area contributed by atoms with E-state index < -0.39 is 35.2 Å². The molecule has 6 heterocycles. The number of rotatable bonds is 6. The van der Waals surface area contributed by atoms with Crippen LogP contribution in [0.3, 0.4) is 0 Å². The zero-order chi connectivity index (χ0) is 43.3. The third kappa shape index (κ3) is 8.90. The fraction of sp³-hybridized carbons (Fsp3) is 0.381. The number of nitrogens with one attached hydrogen (secondary N) is 1. The number of amides is 1. The molecule has 2 aromatic carbocycles. The fourth-order valence-corrected chi connectivity index (χ4v) is 7.09. The number of halogens is 1. The van der Waals surface area contributed by atoms with Crippen LogP contribution >= 0.6 is 11.6 Å². The lowest BCUT2D eigenvalue weighted by Gasteiger charge is -2.21. The van der Waals surface area contributed by atoms with E-state index in [0.717, 1.165) is 11.1 Å². The zero-order valence-electron chi connectivity index (χ0n) is 34.7. The van der Waals surface area contributed by atoms with Crippen LogP contribution in [0.25, 0.3) is 45.2 Å². The SMILES string of the molecule is Cc1noc(-c2ccc3c(c2)C(=O)N[C@@H](CC(=O)OC(C)(C)C)c2onc(C)c2-3)n1.Cc1noc(-c2ccc3c(c2)C(Cl)=N[C@@H](CC(=O)OC(C)(C)C)c2onc(C)c2-3)n1. The van der Waals surface area contributed by atoms with Crippen LogP contribution in [0.2, 0.25) is 0 Å². The molecule has 0 saturated carbocycles. The number of esters is 2. The van der Waals surface area contributed by atoms with Crippen LogP contribution in [0, 0.1) is 27.7 Å². The number of aliphatic imine (C=N–C) groups is 1. The molecule has 0 radical (unpaired) electrons. The van der Waals surface area contributed by atoms with Crippen LogP contribution in [0.1, 0.15) is 117 Å². The van der Waals surface area contributed by atoms with Crippen molar-refractivity contribution in [2.24, 2.45) is 4.99 Å². The van der Waals surface area contributed by atoms with Gasteiger partial charge in [0.2, 0.25) is 0 Å². The van der Waals surface area contributed by atoms with E-state index in [1.807, 2.05) is 45.9 Å². The first-order valence-electron chi connectivity index (χ1n) is 19.1. The van der Waals surface area contributed by atoms with Gasteiger partial charge >= 0.3 is 11.9 Å². The Kier molecular flexibility index (Phi) is 11.1. The Balaban J connectivity index is 0.000000181. The first-order chi connectivity index (χ1) is 28.2. The first-order valence-corrected chi connectivity index (χ1v) is 19.4. The van der Waals surface area contributed by atoms with Gasteiger partial charge in [-0.1, -0.05) is 44.4 Å². The summed E-state index contributed by atoms with van der Waals surface area (Å²) in [6, 6.07) is 9.51. The lowest BCUT2D eigenvalue weighted by molar-refractivity contribution is -0.156. The van der Waals surface area contributed by atoms with Crippen molar-refractivity contribution >= 4 is 34.6 Å². The quantitative estimate of drug-likeness (QED) is 0.156. The van der Waals surface area contributed by atoms with E-state index in [1.54, 1.807) is 59.7 Å². The smallest absolute Gasteiger partial charge is 0.308 e. The van der Waals surface area contributed by atoms with Gasteiger partial charge in [-0.05, 0) is 105 Å². The molecule has 1 amide bonds. The second-order valence-electron chi connectivity index (χ2n) is 16.4. The third-order valence-electron chi connectivity index (χ3n) is 9.14. The highest BCUT2D eigenvalue weighted by atomic mass is 35.5. The number of aromatic nitrogens is 6. The molecule has 0 spiro atoms. The summed E-state index contributed by atoms with van der Waals surface area (Å²) in [7, 11) is 0. The maximum absolute atomic E-state index is 13.1. The number of ether oxygens (including phenoxy) is 2. The van der Waals surface area contributed by atoms with Gasteiger partial charge in [0, 0.05) is 22.3 Å². The van der Waals surface area contributed by atoms with Crippen molar-refractivity contribution in [2.45, 2.75) is 105 Å². The van der Waals surface area contributed by atoms with E-state index in [1.165, 1.54) is 0 Å². The molecular weight excluding hydrogens is 796 g/mol. The minimum Gasteiger partial charge on any atom is -0.460 e. The molecule has 8 rings (SSSR count). The lowest BCUT2D eigenvalue weighted by Crippen LogP contribution is -2.31. The minimum absolute atomic E-state index is 0.0151. The van der Waals surface area contributed by atoms with Gasteiger partial charge in [-0.2, -0.15) is 9.97 Å². The van der Waals surface area contributed by atoms with E-state index in [4.69, 9.17) is 39.2 Å². The van der Waals surface area contributed by atoms with E-state index in [-0.39, 0.29) is 23.9 Å². The van der Waals surface area contributed by atoms with Gasteiger partial charge in [0.15, 0.2) is 23.2 Å². The van der Waals surface area contributed by atoms with Gasteiger partial charge in [-0.3, -0.25) is 19.4 Å². The van der Waals surface area contributed by atoms with Crippen LogP contribution in [0.15, 0.2) is 59.5 Å². The van der Waals surface area contributed by atoms with E-state index in [0.29, 0.717) is 79.7 Å². The van der Waals surface area contributed by atoms with Crippen LogP contribution in [0.5, 0.6) is 0 Å². The molecule has 60 heavy (non-hydrogen) atoms. The Hall–Kier alpha value is -6.49. The monoisotopic (exact) mass is 838 g/mol. The molecule has 312 valence electrons. The minimum atomic E-state index is -0.704. The van der Waals surface area contributed by atoms with Crippen molar-refractivity contribution < 1.29 is 41.9 Å². The molecular formula is C42H43ClN8O9. The number of fused-ring (bicyclic) bond motifs is 6. The summed E-state index contributed by atoms with van der Waals surface area (Å²) < 4.78 is 32.4. The second kappa shape index (κ2) is 15.9. The predicted molar refractivity (Wildman–Crippen MR) is 216 cm³/mol. The van der Waals surface area contributed by atoms with Gasteiger partial charge in [0.1, 0.15) is 28.5 Å². The summed E-state index contributed by atoms with van der Waals surface area (Å²) in [5.41, 5.74) is 5.40. The highest BCUT2D eigenvalue weighted by Crippen LogP contribution is 2.42. The van der Waals surface area contributed by atoms with Gasteiger partial charge in [0.05, 0.1) is 35.4 Å². The predicted octanol–water partition coefficient (Wildman–Crippen LogP) is 8.31. The topological polar surface area (TPSA) is 224 Å². The average molecular weight is 839 g/mol. The normalized spacial score (nSPS) is 15.8. The number of carbonyl (C=O) groups excluding carboxylic acids is 3. The standard InChI is InChI=1S/C21H21ClN4O4.C21H22N4O5/c1-10-17-13-7-6-12(20-23-11(2)26-30-20)8-14(13)19(22)24-15(18(17)29-25-10)9-16(27)28-21(3,4)5;1-10-17-13-7-6-12(20-22-11(2)25-30-20)8-14(13)19(27)23-15(18(17)29-24-10)9-16(26)28-21(3,4)5/h6-8,15H,9H2,1-5H3;6-8,15H,9H2,1-5H3,(H,23,27)/t2*15-/m00/s1. The van der Waals surface area contributed by atoms with Gasteiger partial charge in [-0.25, -0.2) is 0 Å². The van der Waals surface area contributed by atoms with Gasteiger partial charge in [0.25, 0.3) is 17.7 Å². The molecule has 18 heteroatoms. The number of hydrogen-bond donors (Lipinski definition) is 1. The Morgan fingerprint density at radius 2 is 1.15 bits per heavy atom. The van der Waals surface area contributed by atoms with Crippen molar-refractivity contribution in [3.63, 3.8) is 0 Å². The summed E-state index contributed by atoms with van der Waals surface area (Å²) in [5, 5.41) is 18.9.